The molecule has 0 fully saturated rings. The average molecular weight is 306 g/mol. The van der Waals surface area contributed by atoms with Crippen LogP contribution >= 0.6 is 0 Å². The van der Waals surface area contributed by atoms with E-state index in [4.69, 9.17) is 4.74 Å². The van der Waals surface area contributed by atoms with Gasteiger partial charge in [0, 0.05) is 12.6 Å². The minimum absolute atomic E-state index is 0.130. The molecule has 0 aliphatic heterocycles. The molecule has 22 heavy (non-hydrogen) atoms. The predicted octanol–water partition coefficient (Wildman–Crippen LogP) is 1.82. The van der Waals surface area contributed by atoms with Gasteiger partial charge in [-0.1, -0.05) is 26.0 Å². The molecule has 1 atom stereocenters. The van der Waals surface area contributed by atoms with E-state index in [0.717, 1.165) is 5.56 Å². The number of carbonyl (C=O) groups is 3. The molecule has 0 saturated heterocycles. The normalized spacial score (nSPS) is 11.7. The fourth-order valence-corrected chi connectivity index (χ4v) is 1.83. The van der Waals surface area contributed by atoms with Crippen molar-refractivity contribution >= 4 is 23.5 Å². The molecule has 2 amide bonds. The predicted molar refractivity (Wildman–Crippen MR) is 83.4 cm³/mol. The van der Waals surface area contributed by atoms with Gasteiger partial charge in [0.25, 0.3) is 5.91 Å². The number of amides is 2. The third-order valence-electron chi connectivity index (χ3n) is 2.98. The van der Waals surface area contributed by atoms with Crippen LogP contribution in [-0.2, 0) is 19.1 Å². The molecular weight excluding hydrogens is 284 g/mol. The Morgan fingerprint density at radius 3 is 2.18 bits per heavy atom. The van der Waals surface area contributed by atoms with Crippen molar-refractivity contribution in [2.24, 2.45) is 0 Å². The van der Waals surface area contributed by atoms with E-state index in [0.29, 0.717) is 11.6 Å². The number of anilines is 1. The van der Waals surface area contributed by atoms with Gasteiger partial charge in [-0.25, -0.2) is 4.79 Å². The van der Waals surface area contributed by atoms with E-state index in [9.17, 15) is 14.4 Å². The number of carbonyl (C=O) groups excluding carboxylic acids is 3. The lowest BCUT2D eigenvalue weighted by Crippen LogP contribution is -2.49. The minimum Gasteiger partial charge on any atom is -0.464 e. The summed E-state index contributed by atoms with van der Waals surface area (Å²) in [7, 11) is 0. The Morgan fingerprint density at radius 2 is 1.73 bits per heavy atom. The van der Waals surface area contributed by atoms with Crippen LogP contribution in [0.4, 0.5) is 5.69 Å². The SMILES string of the molecule is CCOC(=O)[C@H](NC(C)=O)C(=O)Nc1ccc(C(C)C)cc1. The summed E-state index contributed by atoms with van der Waals surface area (Å²) >= 11 is 0. The zero-order chi connectivity index (χ0) is 16.7. The van der Waals surface area contributed by atoms with E-state index < -0.39 is 23.8 Å². The maximum Gasteiger partial charge on any atom is 0.338 e. The first kappa shape index (κ1) is 17.7. The molecule has 0 spiro atoms. The highest BCUT2D eigenvalue weighted by molar-refractivity contribution is 6.10. The maximum atomic E-state index is 12.2. The summed E-state index contributed by atoms with van der Waals surface area (Å²) in [5.41, 5.74) is 1.69. The van der Waals surface area contributed by atoms with Gasteiger partial charge in [0.05, 0.1) is 6.61 Å². The van der Waals surface area contributed by atoms with Gasteiger partial charge in [0.2, 0.25) is 11.9 Å². The van der Waals surface area contributed by atoms with Gasteiger partial charge in [-0.15, -0.1) is 0 Å². The van der Waals surface area contributed by atoms with Gasteiger partial charge in [-0.2, -0.15) is 0 Å². The fourth-order valence-electron chi connectivity index (χ4n) is 1.83. The van der Waals surface area contributed by atoms with E-state index in [2.05, 4.69) is 24.5 Å². The quantitative estimate of drug-likeness (QED) is 0.620. The van der Waals surface area contributed by atoms with Crippen molar-refractivity contribution in [1.82, 2.24) is 5.32 Å². The van der Waals surface area contributed by atoms with Crippen molar-refractivity contribution in [3.8, 4) is 0 Å². The van der Waals surface area contributed by atoms with Crippen LogP contribution in [-0.4, -0.2) is 30.4 Å². The van der Waals surface area contributed by atoms with Crippen LogP contribution in [0.5, 0.6) is 0 Å². The Morgan fingerprint density at radius 1 is 1.14 bits per heavy atom. The monoisotopic (exact) mass is 306 g/mol. The highest BCUT2D eigenvalue weighted by atomic mass is 16.5. The number of esters is 1. The minimum atomic E-state index is -1.36. The lowest BCUT2D eigenvalue weighted by atomic mass is 10.0. The standard InChI is InChI=1S/C16H22N2O4/c1-5-22-16(21)14(17-11(4)19)15(20)18-13-8-6-12(7-9-13)10(2)3/h6-10,14H,5H2,1-4H3,(H,17,19)(H,18,20)/t14-/m1/s1. The molecular formula is C16H22N2O4. The van der Waals surface area contributed by atoms with Gasteiger partial charge in [0.15, 0.2) is 0 Å². The second-order valence-electron chi connectivity index (χ2n) is 5.15. The first-order valence-electron chi connectivity index (χ1n) is 7.19. The van der Waals surface area contributed by atoms with Crippen LogP contribution in [0.2, 0.25) is 0 Å². The number of hydrogen-bond donors (Lipinski definition) is 2. The third-order valence-corrected chi connectivity index (χ3v) is 2.98. The Hall–Kier alpha value is -2.37. The van der Waals surface area contributed by atoms with E-state index in [1.54, 1.807) is 19.1 Å². The number of hydrogen-bond acceptors (Lipinski definition) is 4. The van der Waals surface area contributed by atoms with E-state index >= 15 is 0 Å². The highest BCUT2D eigenvalue weighted by Crippen LogP contribution is 2.17. The van der Waals surface area contributed by atoms with Crippen molar-refractivity contribution in [3.05, 3.63) is 29.8 Å². The molecule has 0 bridgehead atoms. The first-order valence-corrected chi connectivity index (χ1v) is 7.19. The molecule has 0 aromatic heterocycles. The largest absolute Gasteiger partial charge is 0.464 e. The van der Waals surface area contributed by atoms with Gasteiger partial charge in [0.1, 0.15) is 0 Å². The average Bonchev–Trinajstić information content (AvgIpc) is 2.45. The van der Waals surface area contributed by atoms with Gasteiger partial charge < -0.3 is 15.4 Å². The molecule has 1 aromatic rings. The Labute approximate surface area is 130 Å². The van der Waals surface area contributed by atoms with E-state index in [1.807, 2.05) is 12.1 Å². The molecule has 1 rings (SSSR count). The Balaban J connectivity index is 2.81. The summed E-state index contributed by atoms with van der Waals surface area (Å²) in [5.74, 6) is -1.51. The lowest BCUT2D eigenvalue weighted by Gasteiger charge is -2.16. The third kappa shape index (κ3) is 5.20. The van der Waals surface area contributed by atoms with Crippen molar-refractivity contribution in [2.45, 2.75) is 39.7 Å². The molecule has 6 heteroatoms. The Kier molecular flexibility index (Phi) is 6.56. The van der Waals surface area contributed by atoms with Crippen LogP contribution in [0.25, 0.3) is 0 Å². The zero-order valence-corrected chi connectivity index (χ0v) is 13.3. The second-order valence-corrected chi connectivity index (χ2v) is 5.15. The van der Waals surface area contributed by atoms with Crippen LogP contribution in [0.1, 0.15) is 39.2 Å². The van der Waals surface area contributed by atoms with Crippen LogP contribution in [0, 0.1) is 0 Å². The number of nitrogens with one attached hydrogen (secondary N) is 2. The summed E-state index contributed by atoms with van der Waals surface area (Å²) in [6.07, 6.45) is 0. The van der Waals surface area contributed by atoms with Crippen molar-refractivity contribution in [2.75, 3.05) is 11.9 Å². The molecule has 0 aliphatic carbocycles. The molecule has 0 heterocycles. The molecule has 120 valence electrons. The van der Waals surface area contributed by atoms with Gasteiger partial charge in [-0.05, 0) is 30.5 Å². The summed E-state index contributed by atoms with van der Waals surface area (Å²) < 4.78 is 4.80. The van der Waals surface area contributed by atoms with Crippen LogP contribution in [0.3, 0.4) is 0 Å². The van der Waals surface area contributed by atoms with Crippen molar-refractivity contribution < 1.29 is 19.1 Å². The first-order chi connectivity index (χ1) is 10.3. The number of rotatable bonds is 6. The fraction of sp³-hybridized carbons (Fsp3) is 0.438. The molecule has 2 N–H and O–H groups in total. The summed E-state index contributed by atoms with van der Waals surface area (Å²) in [6.45, 7) is 7.13. The van der Waals surface area contributed by atoms with E-state index in [-0.39, 0.29) is 6.61 Å². The molecule has 0 radical (unpaired) electrons. The van der Waals surface area contributed by atoms with Gasteiger partial charge in [-0.3, -0.25) is 9.59 Å². The Bertz CT molecular complexity index is 538. The molecule has 1 aromatic carbocycles. The van der Waals surface area contributed by atoms with Crippen molar-refractivity contribution in [3.63, 3.8) is 0 Å². The van der Waals surface area contributed by atoms with Gasteiger partial charge >= 0.3 is 5.97 Å². The van der Waals surface area contributed by atoms with Crippen molar-refractivity contribution in [1.29, 1.82) is 0 Å². The summed E-state index contributed by atoms with van der Waals surface area (Å²) in [4.78, 5) is 35.1. The van der Waals surface area contributed by atoms with Crippen LogP contribution in [0.15, 0.2) is 24.3 Å². The molecule has 0 unspecified atom stereocenters. The maximum absolute atomic E-state index is 12.2. The molecule has 0 aliphatic rings. The zero-order valence-electron chi connectivity index (χ0n) is 13.3. The highest BCUT2D eigenvalue weighted by Gasteiger charge is 2.28. The number of benzene rings is 1. The summed E-state index contributed by atoms with van der Waals surface area (Å²) in [5, 5.41) is 4.89. The second kappa shape index (κ2) is 8.17. The summed E-state index contributed by atoms with van der Waals surface area (Å²) in [6, 6.07) is 5.95. The van der Waals surface area contributed by atoms with E-state index in [1.165, 1.54) is 6.92 Å². The topological polar surface area (TPSA) is 84.5 Å². The molecule has 0 saturated carbocycles. The van der Waals surface area contributed by atoms with Crippen LogP contribution < -0.4 is 10.6 Å². The lowest BCUT2D eigenvalue weighted by molar-refractivity contribution is -0.149. The smallest absolute Gasteiger partial charge is 0.338 e. The molecule has 6 nitrogen and oxygen atoms in total. The number of ether oxygens (including phenoxy) is 1.